The first-order valence-corrected chi connectivity index (χ1v) is 15.3. The fraction of sp³-hybridized carbons (Fsp3) is 0.581. The van der Waals surface area contributed by atoms with Crippen LogP contribution < -0.4 is 4.74 Å². The lowest BCUT2D eigenvalue weighted by Gasteiger charge is -2.44. The summed E-state index contributed by atoms with van der Waals surface area (Å²) in [6.07, 6.45) is 4.63. The molecule has 2 aliphatic carbocycles. The van der Waals surface area contributed by atoms with Crippen LogP contribution in [0.1, 0.15) is 74.0 Å². The first-order chi connectivity index (χ1) is 21.0. The number of alkyl halides is 2. The average Bonchev–Trinajstić information content (AvgIpc) is 3.53. The number of methoxy groups -OCH3 is 1. The van der Waals surface area contributed by atoms with Crippen molar-refractivity contribution in [3.63, 3.8) is 0 Å². The zero-order valence-corrected chi connectivity index (χ0v) is 25.8. The first-order valence-electron chi connectivity index (χ1n) is 14.9. The Morgan fingerprint density at radius 1 is 1.23 bits per heavy atom. The van der Waals surface area contributed by atoms with Gasteiger partial charge in [-0.3, -0.25) is 14.4 Å². The van der Waals surface area contributed by atoms with E-state index in [-0.39, 0.29) is 41.8 Å². The van der Waals surface area contributed by atoms with Gasteiger partial charge in [-0.2, -0.15) is 0 Å². The predicted octanol–water partition coefficient (Wildman–Crippen LogP) is 4.57. The number of amides is 2. The number of likely N-dealkylation sites (tertiary alicyclic amines) is 1. The topological polar surface area (TPSA) is 107 Å². The normalized spacial score (nSPS) is 25.5. The van der Waals surface area contributed by atoms with E-state index in [4.69, 9.17) is 21.1 Å². The molecule has 10 nitrogen and oxygen atoms in total. The molecule has 1 aromatic heterocycles. The second-order valence-corrected chi connectivity index (χ2v) is 13.1. The Balaban J connectivity index is 1.38. The molecule has 4 aliphatic rings. The lowest BCUT2D eigenvalue weighted by Crippen LogP contribution is -2.52. The van der Waals surface area contributed by atoms with E-state index < -0.39 is 29.8 Å². The number of benzene rings is 1. The molecular weight excluding hydrogens is 596 g/mol. The van der Waals surface area contributed by atoms with Gasteiger partial charge in [0, 0.05) is 43.7 Å². The van der Waals surface area contributed by atoms with Crippen LogP contribution in [0, 0.1) is 16.7 Å². The van der Waals surface area contributed by atoms with Crippen molar-refractivity contribution in [2.24, 2.45) is 23.8 Å². The van der Waals surface area contributed by atoms with Crippen LogP contribution in [0.3, 0.4) is 0 Å². The lowest BCUT2D eigenvalue weighted by atomic mass is 9.69. The van der Waals surface area contributed by atoms with Crippen molar-refractivity contribution >= 4 is 29.4 Å². The van der Waals surface area contributed by atoms with Gasteiger partial charge in [0.15, 0.2) is 0 Å². The Hall–Kier alpha value is -3.54. The predicted molar refractivity (Wildman–Crippen MR) is 155 cm³/mol. The maximum atomic E-state index is 14.5. The molecular formula is C31H36ClF2N5O5. The van der Waals surface area contributed by atoms with Gasteiger partial charge in [0.2, 0.25) is 11.8 Å². The number of nitrogens with zero attached hydrogens (tertiary/aromatic N) is 5. The number of fused-ring (bicyclic) bond motifs is 1. The van der Waals surface area contributed by atoms with Gasteiger partial charge < -0.3 is 19.3 Å². The molecule has 0 radical (unpaired) electrons. The average molecular weight is 632 g/mol. The third-order valence-corrected chi connectivity index (χ3v) is 10.3. The van der Waals surface area contributed by atoms with Gasteiger partial charge in [0.1, 0.15) is 23.7 Å². The van der Waals surface area contributed by atoms with Crippen molar-refractivity contribution in [1.29, 1.82) is 0 Å². The monoisotopic (exact) mass is 631 g/mol. The molecule has 0 N–H and O–H groups in total. The molecule has 2 amide bonds. The van der Waals surface area contributed by atoms with Crippen molar-refractivity contribution < 1.29 is 32.6 Å². The number of halogens is 3. The number of ether oxygens (including phenoxy) is 2. The number of aryl methyl sites for hydroxylation is 1. The number of hydrogen-bond donors (Lipinski definition) is 0. The number of esters is 1. The smallest absolute Gasteiger partial charge is 0.312 e. The third kappa shape index (κ3) is 5.24. The summed E-state index contributed by atoms with van der Waals surface area (Å²) in [4.78, 5) is 44.2. The Bertz CT molecular complexity index is 1520. The molecule has 13 heteroatoms. The number of rotatable bonds is 8. The van der Waals surface area contributed by atoms with Gasteiger partial charge in [-0.05, 0) is 62.1 Å². The molecule has 0 unspecified atom stereocenters. The van der Waals surface area contributed by atoms with E-state index >= 15 is 0 Å². The second kappa shape index (κ2) is 11.4. The van der Waals surface area contributed by atoms with E-state index in [2.05, 4.69) is 10.3 Å². The van der Waals surface area contributed by atoms with E-state index in [1.54, 1.807) is 24.0 Å². The highest BCUT2D eigenvalue weighted by atomic mass is 35.5. The summed E-state index contributed by atoms with van der Waals surface area (Å²) >= 11 is 6.71. The number of carbonyl (C=O) groups excluding carboxylic acids is 3. The molecule has 1 saturated carbocycles. The minimum absolute atomic E-state index is 0.000254. The van der Waals surface area contributed by atoms with Gasteiger partial charge in [-0.25, -0.2) is 13.5 Å². The molecule has 1 spiro atoms. The highest BCUT2D eigenvalue weighted by Gasteiger charge is 2.53. The third-order valence-electron chi connectivity index (χ3n) is 9.92. The number of hydrogen-bond acceptors (Lipinski definition) is 7. The highest BCUT2D eigenvalue weighted by Crippen LogP contribution is 2.54. The second-order valence-electron chi connectivity index (χ2n) is 12.7. The van der Waals surface area contributed by atoms with E-state index in [9.17, 15) is 23.2 Å². The minimum atomic E-state index is -2.79. The van der Waals surface area contributed by atoms with Crippen molar-refractivity contribution in [2.45, 2.75) is 64.5 Å². The van der Waals surface area contributed by atoms with E-state index in [0.29, 0.717) is 55.1 Å². The van der Waals surface area contributed by atoms with E-state index in [0.717, 1.165) is 23.1 Å². The molecule has 1 saturated heterocycles. The quantitative estimate of drug-likeness (QED) is 0.310. The zero-order valence-electron chi connectivity index (χ0n) is 25.0. The van der Waals surface area contributed by atoms with Gasteiger partial charge in [-0.15, -0.1) is 5.10 Å². The summed E-state index contributed by atoms with van der Waals surface area (Å²) in [6.45, 7) is 2.64. The molecule has 236 valence electrons. The molecule has 2 aromatic rings. The number of allylic oxidation sites excluding steroid dienone is 2. The molecule has 44 heavy (non-hydrogen) atoms. The summed E-state index contributed by atoms with van der Waals surface area (Å²) in [5.41, 5.74) is 0.0180. The van der Waals surface area contributed by atoms with Crippen LogP contribution in [0.5, 0.6) is 5.75 Å². The molecule has 1 aromatic carbocycles. The van der Waals surface area contributed by atoms with Crippen molar-refractivity contribution in [1.82, 2.24) is 24.8 Å². The van der Waals surface area contributed by atoms with Crippen LogP contribution in [0.4, 0.5) is 8.78 Å². The molecule has 6 rings (SSSR count). The van der Waals surface area contributed by atoms with Crippen molar-refractivity contribution in [3.8, 4) is 5.75 Å². The Labute approximate surface area is 259 Å². The van der Waals surface area contributed by atoms with Gasteiger partial charge in [0.05, 0.1) is 24.5 Å². The SMILES string of the molecule is COC(=O)[C@@]1(C)CC=CC[C@H]1C(=O)N1CCc2c(Cl)ccc(OCc3nnn(C)c3C(F)F)c2[C@H]1CN1CC2(CC2)CC1=O. The zero-order chi connectivity index (χ0) is 31.4. The summed E-state index contributed by atoms with van der Waals surface area (Å²) in [5, 5.41) is 8.10. The fourth-order valence-corrected chi connectivity index (χ4v) is 7.41. The van der Waals surface area contributed by atoms with Gasteiger partial charge in [-0.1, -0.05) is 29.0 Å². The number of carbonyl (C=O) groups is 3. The van der Waals surface area contributed by atoms with Crippen molar-refractivity contribution in [2.75, 3.05) is 26.7 Å². The molecule has 2 fully saturated rings. The van der Waals surface area contributed by atoms with Gasteiger partial charge in [0.25, 0.3) is 6.43 Å². The maximum absolute atomic E-state index is 14.5. The summed E-state index contributed by atoms with van der Waals surface area (Å²) in [5.74, 6) is -0.946. The van der Waals surface area contributed by atoms with Crippen molar-refractivity contribution in [3.05, 3.63) is 51.8 Å². The summed E-state index contributed by atoms with van der Waals surface area (Å²) in [6, 6.07) is 2.72. The molecule has 3 heterocycles. The summed E-state index contributed by atoms with van der Waals surface area (Å²) < 4.78 is 39.8. The Morgan fingerprint density at radius 3 is 2.68 bits per heavy atom. The fourth-order valence-electron chi connectivity index (χ4n) is 7.15. The van der Waals surface area contributed by atoms with Crippen LogP contribution in [0.25, 0.3) is 0 Å². The van der Waals surface area contributed by atoms with E-state index in [1.165, 1.54) is 14.2 Å². The summed E-state index contributed by atoms with van der Waals surface area (Å²) in [7, 11) is 2.71. The maximum Gasteiger partial charge on any atom is 0.312 e. The van der Waals surface area contributed by atoms with Crippen LogP contribution in [0.2, 0.25) is 5.02 Å². The molecule has 2 aliphatic heterocycles. The lowest BCUT2D eigenvalue weighted by molar-refractivity contribution is -0.162. The van der Waals surface area contributed by atoms with E-state index in [1.807, 2.05) is 17.1 Å². The minimum Gasteiger partial charge on any atom is -0.487 e. The largest absolute Gasteiger partial charge is 0.487 e. The van der Waals surface area contributed by atoms with Gasteiger partial charge >= 0.3 is 5.97 Å². The van der Waals surface area contributed by atoms with Crippen LogP contribution >= 0.6 is 11.6 Å². The highest BCUT2D eigenvalue weighted by molar-refractivity contribution is 6.31. The Kier molecular flexibility index (Phi) is 7.92. The van der Waals surface area contributed by atoms with Crippen LogP contribution in [0.15, 0.2) is 24.3 Å². The standard InChI is InChI=1S/C31H36ClF2N5O5/c1-30(29(42)43-3)10-5-4-6-19(30)28(41)39-13-9-18-20(32)7-8-23(44-16-21-26(27(33)34)37(2)36-35-21)25(18)22(39)15-38-17-31(11-12-31)14-24(38)40/h4-5,7-8,19,22,27H,6,9-17H2,1-3H3/t19-,22+,30-/m0/s1. The molecule has 0 bridgehead atoms. The molecule has 3 atom stereocenters. The Morgan fingerprint density at radius 2 is 2.00 bits per heavy atom. The number of aromatic nitrogens is 3. The van der Waals surface area contributed by atoms with Crippen LogP contribution in [-0.2, 0) is 39.2 Å². The van der Waals surface area contributed by atoms with Crippen LogP contribution in [-0.4, -0.2) is 69.3 Å². The first kappa shape index (κ1) is 30.5.